The summed E-state index contributed by atoms with van der Waals surface area (Å²) in [6, 6.07) is 7.67. The number of nitrogens with one attached hydrogen (secondary N) is 1. The van der Waals surface area contributed by atoms with Gasteiger partial charge in [-0.25, -0.2) is 0 Å². The van der Waals surface area contributed by atoms with E-state index in [1.807, 2.05) is 18.2 Å². The Morgan fingerprint density at radius 3 is 2.79 bits per heavy atom. The van der Waals surface area contributed by atoms with E-state index in [1.165, 1.54) is 0 Å². The van der Waals surface area contributed by atoms with Gasteiger partial charge in [0.25, 0.3) is 0 Å². The fraction of sp³-hybridized carbons (Fsp3) is 0.467. The molecule has 0 bridgehead atoms. The number of nitrogens with zero attached hydrogens (tertiary/aromatic N) is 2. The second-order valence-corrected chi connectivity index (χ2v) is 6.07. The number of aliphatic hydroxyl groups is 1. The van der Waals surface area contributed by atoms with Crippen LogP contribution in [0.4, 0.5) is 0 Å². The van der Waals surface area contributed by atoms with Crippen molar-refractivity contribution in [3.05, 3.63) is 29.5 Å². The Morgan fingerprint density at radius 2 is 2.16 bits per heavy atom. The second kappa shape index (κ2) is 5.02. The Morgan fingerprint density at radius 1 is 1.42 bits per heavy atom. The molecule has 0 spiro atoms. The van der Waals surface area contributed by atoms with E-state index >= 15 is 0 Å². The number of aromatic nitrogens is 2. The van der Waals surface area contributed by atoms with Gasteiger partial charge >= 0.3 is 0 Å². The van der Waals surface area contributed by atoms with Gasteiger partial charge in [-0.3, -0.25) is 5.10 Å². The SMILES string of the molecule is CC(C)(C)CC[C@H](O)c1cccc2[nH]nc(C#N)c12. The molecule has 0 aliphatic carbocycles. The van der Waals surface area contributed by atoms with Crippen molar-refractivity contribution in [1.29, 1.82) is 5.26 Å². The highest BCUT2D eigenvalue weighted by atomic mass is 16.3. The average Bonchev–Trinajstić information content (AvgIpc) is 2.78. The van der Waals surface area contributed by atoms with Crippen LogP contribution >= 0.6 is 0 Å². The molecule has 0 aliphatic heterocycles. The maximum Gasteiger partial charge on any atom is 0.170 e. The molecule has 0 unspecified atom stereocenters. The monoisotopic (exact) mass is 257 g/mol. The van der Waals surface area contributed by atoms with Crippen molar-refractivity contribution in [2.24, 2.45) is 5.41 Å². The molecule has 0 amide bonds. The zero-order valence-electron chi connectivity index (χ0n) is 11.6. The van der Waals surface area contributed by atoms with Crippen LogP contribution in [0.2, 0.25) is 0 Å². The van der Waals surface area contributed by atoms with Gasteiger partial charge in [0.2, 0.25) is 0 Å². The predicted molar refractivity (Wildman–Crippen MR) is 74.5 cm³/mol. The Balaban J connectivity index is 2.34. The molecule has 1 heterocycles. The van der Waals surface area contributed by atoms with Gasteiger partial charge < -0.3 is 5.11 Å². The Bertz CT molecular complexity index is 616. The van der Waals surface area contributed by atoms with E-state index in [0.29, 0.717) is 12.1 Å². The topological polar surface area (TPSA) is 72.7 Å². The Hall–Kier alpha value is -1.86. The van der Waals surface area contributed by atoms with E-state index in [1.54, 1.807) is 0 Å². The van der Waals surface area contributed by atoms with Crippen molar-refractivity contribution in [3.8, 4) is 6.07 Å². The van der Waals surface area contributed by atoms with Gasteiger partial charge in [0.15, 0.2) is 5.69 Å². The van der Waals surface area contributed by atoms with Crippen molar-refractivity contribution in [2.75, 3.05) is 0 Å². The van der Waals surface area contributed by atoms with Crippen molar-refractivity contribution in [2.45, 2.75) is 39.7 Å². The van der Waals surface area contributed by atoms with Crippen LogP contribution in [0.15, 0.2) is 18.2 Å². The van der Waals surface area contributed by atoms with Crippen LogP contribution in [0, 0.1) is 16.7 Å². The molecule has 19 heavy (non-hydrogen) atoms. The number of fused-ring (bicyclic) bond motifs is 1. The van der Waals surface area contributed by atoms with Crippen LogP contribution in [0.5, 0.6) is 0 Å². The van der Waals surface area contributed by atoms with E-state index in [9.17, 15) is 5.11 Å². The summed E-state index contributed by atoms with van der Waals surface area (Å²) in [6.07, 6.45) is 1.04. The minimum absolute atomic E-state index is 0.184. The van der Waals surface area contributed by atoms with Crippen LogP contribution < -0.4 is 0 Å². The Kier molecular flexibility index (Phi) is 3.59. The first kappa shape index (κ1) is 13.6. The molecule has 0 aliphatic rings. The molecule has 2 aromatic rings. The third kappa shape index (κ3) is 2.94. The zero-order chi connectivity index (χ0) is 14.0. The van der Waals surface area contributed by atoms with Gasteiger partial charge in [-0.15, -0.1) is 0 Å². The summed E-state index contributed by atoms with van der Waals surface area (Å²) in [5, 5.41) is 27.0. The highest BCUT2D eigenvalue weighted by Crippen LogP contribution is 2.31. The molecule has 1 atom stereocenters. The van der Waals surface area contributed by atoms with Crippen LogP contribution in [-0.2, 0) is 0 Å². The van der Waals surface area contributed by atoms with Crippen LogP contribution in [0.3, 0.4) is 0 Å². The molecule has 0 fully saturated rings. The lowest BCUT2D eigenvalue weighted by Gasteiger charge is -2.20. The normalized spacial score (nSPS) is 13.4. The van der Waals surface area contributed by atoms with Gasteiger partial charge in [-0.05, 0) is 29.9 Å². The number of aromatic amines is 1. The van der Waals surface area contributed by atoms with Gasteiger partial charge in [-0.1, -0.05) is 32.9 Å². The number of benzene rings is 1. The van der Waals surface area contributed by atoms with Crippen LogP contribution in [0.1, 0.15) is 51.0 Å². The number of hydrogen-bond donors (Lipinski definition) is 2. The molecule has 2 rings (SSSR count). The lowest BCUT2D eigenvalue weighted by molar-refractivity contribution is 0.149. The van der Waals surface area contributed by atoms with Crippen LogP contribution in [0.25, 0.3) is 10.9 Å². The zero-order valence-corrected chi connectivity index (χ0v) is 11.6. The molecular formula is C15H19N3O. The maximum atomic E-state index is 10.4. The number of hydrogen-bond acceptors (Lipinski definition) is 3. The molecule has 0 saturated carbocycles. The quantitative estimate of drug-likeness (QED) is 0.886. The smallest absolute Gasteiger partial charge is 0.170 e. The van der Waals surface area contributed by atoms with E-state index in [2.05, 4.69) is 37.0 Å². The number of H-pyrrole nitrogens is 1. The average molecular weight is 257 g/mol. The van der Waals surface area contributed by atoms with Crippen molar-refractivity contribution in [3.63, 3.8) is 0 Å². The minimum atomic E-state index is -0.562. The van der Waals surface area contributed by atoms with Crippen LogP contribution in [-0.4, -0.2) is 15.3 Å². The molecule has 4 heteroatoms. The van der Waals surface area contributed by atoms with E-state index < -0.39 is 6.10 Å². The number of rotatable bonds is 3. The third-order valence-electron chi connectivity index (χ3n) is 3.25. The van der Waals surface area contributed by atoms with E-state index in [4.69, 9.17) is 5.26 Å². The minimum Gasteiger partial charge on any atom is -0.388 e. The predicted octanol–water partition coefficient (Wildman–Crippen LogP) is 3.29. The summed E-state index contributed by atoms with van der Waals surface area (Å²) in [5.74, 6) is 0. The fourth-order valence-electron chi connectivity index (χ4n) is 2.18. The molecule has 1 aromatic heterocycles. The molecule has 2 N–H and O–H groups in total. The van der Waals surface area contributed by atoms with Crippen molar-refractivity contribution < 1.29 is 5.11 Å². The highest BCUT2D eigenvalue weighted by molar-refractivity contribution is 5.87. The molecular weight excluding hydrogens is 238 g/mol. The Labute approximate surface area is 113 Å². The summed E-state index contributed by atoms with van der Waals surface area (Å²) in [6.45, 7) is 6.45. The molecule has 4 nitrogen and oxygen atoms in total. The van der Waals surface area contributed by atoms with Gasteiger partial charge in [0.1, 0.15) is 6.07 Å². The standard InChI is InChI=1S/C15H19N3O/c1-15(2,3)8-7-13(19)10-5-4-6-11-14(10)12(9-16)18-17-11/h4-6,13,19H,7-8H2,1-3H3,(H,17,18)/t13-/m0/s1. The number of nitriles is 1. The summed E-state index contributed by atoms with van der Waals surface area (Å²) in [7, 11) is 0. The molecule has 0 saturated heterocycles. The lowest BCUT2D eigenvalue weighted by atomic mass is 9.87. The summed E-state index contributed by atoms with van der Waals surface area (Å²) in [5.41, 5.74) is 2.11. The summed E-state index contributed by atoms with van der Waals surface area (Å²) >= 11 is 0. The fourth-order valence-corrected chi connectivity index (χ4v) is 2.18. The molecule has 100 valence electrons. The van der Waals surface area contributed by atoms with Crippen molar-refractivity contribution in [1.82, 2.24) is 10.2 Å². The van der Waals surface area contributed by atoms with E-state index in [0.717, 1.165) is 22.9 Å². The largest absolute Gasteiger partial charge is 0.388 e. The first-order valence-corrected chi connectivity index (χ1v) is 6.47. The lowest BCUT2D eigenvalue weighted by Crippen LogP contribution is -2.08. The number of aliphatic hydroxyl groups excluding tert-OH is 1. The summed E-state index contributed by atoms with van der Waals surface area (Å²) < 4.78 is 0. The first-order chi connectivity index (χ1) is 8.92. The van der Waals surface area contributed by atoms with E-state index in [-0.39, 0.29) is 5.41 Å². The van der Waals surface area contributed by atoms with Gasteiger partial charge in [0.05, 0.1) is 11.6 Å². The second-order valence-electron chi connectivity index (χ2n) is 6.07. The summed E-state index contributed by atoms with van der Waals surface area (Å²) in [4.78, 5) is 0. The highest BCUT2D eigenvalue weighted by Gasteiger charge is 2.19. The van der Waals surface area contributed by atoms with Crippen molar-refractivity contribution >= 4 is 10.9 Å². The third-order valence-corrected chi connectivity index (χ3v) is 3.25. The van der Waals surface area contributed by atoms with Gasteiger partial charge in [-0.2, -0.15) is 10.4 Å². The first-order valence-electron chi connectivity index (χ1n) is 6.47. The van der Waals surface area contributed by atoms with Gasteiger partial charge in [0, 0.05) is 5.39 Å². The maximum absolute atomic E-state index is 10.4. The molecule has 1 aromatic carbocycles. The molecule has 0 radical (unpaired) electrons.